The second kappa shape index (κ2) is 5.96. The van der Waals surface area contributed by atoms with Crippen LogP contribution in [0.4, 0.5) is 0 Å². The van der Waals surface area contributed by atoms with Gasteiger partial charge in [-0.25, -0.2) is 0 Å². The third kappa shape index (κ3) is 3.79. The molecule has 0 amide bonds. The van der Waals surface area contributed by atoms with Crippen LogP contribution in [-0.2, 0) is 0 Å². The maximum Gasteiger partial charge on any atom is 0.00598 e. The van der Waals surface area contributed by atoms with Crippen molar-refractivity contribution in [2.75, 3.05) is 11.1 Å². The van der Waals surface area contributed by atoms with Crippen molar-refractivity contribution in [3.05, 3.63) is 0 Å². The van der Waals surface area contributed by atoms with Crippen LogP contribution in [0.15, 0.2) is 0 Å². The fourth-order valence-corrected chi connectivity index (χ4v) is 1.72. The maximum atomic E-state index is 4.15. The Kier molecular flexibility index (Phi) is 6.58. The zero-order valence-electron chi connectivity index (χ0n) is 5.23. The Bertz CT molecular complexity index is 43.8. The Morgan fingerprint density at radius 3 is 2.38 bits per heavy atom. The summed E-state index contributed by atoms with van der Waals surface area (Å²) in [5, 5.41) is 1.13. The van der Waals surface area contributed by atoms with Crippen LogP contribution in [-0.4, -0.2) is 11.1 Å². The maximum absolute atomic E-state index is 4.15. The van der Waals surface area contributed by atoms with Gasteiger partial charge < -0.3 is 0 Å². The van der Waals surface area contributed by atoms with E-state index >= 15 is 0 Å². The first-order valence-electron chi connectivity index (χ1n) is 3.02. The molecule has 0 rings (SSSR count). The Labute approximate surface area is 65.6 Å². The van der Waals surface area contributed by atoms with E-state index in [0.29, 0.717) is 0 Å². The fourth-order valence-electron chi connectivity index (χ4n) is 0.573. The van der Waals surface area contributed by atoms with Gasteiger partial charge in [-0.15, -0.1) is 0 Å². The quantitative estimate of drug-likeness (QED) is 0.520. The highest BCUT2D eigenvalue weighted by Gasteiger charge is 2.00. The fraction of sp³-hybridized carbons (Fsp3) is 1.00. The molecule has 0 aromatic carbocycles. The molecule has 0 aromatic heterocycles. The molecule has 0 N–H and O–H groups in total. The van der Waals surface area contributed by atoms with Crippen molar-refractivity contribution in [1.82, 2.24) is 0 Å². The van der Waals surface area contributed by atoms with E-state index in [9.17, 15) is 0 Å². The first-order chi connectivity index (χ1) is 3.85. The molecule has 50 valence electrons. The summed E-state index contributed by atoms with van der Waals surface area (Å²) in [5.41, 5.74) is 0. The van der Waals surface area contributed by atoms with Crippen molar-refractivity contribution >= 4 is 28.6 Å². The Morgan fingerprint density at radius 1 is 1.62 bits per heavy atom. The van der Waals surface area contributed by atoms with Crippen LogP contribution in [0.1, 0.15) is 19.8 Å². The summed E-state index contributed by atoms with van der Waals surface area (Å²) in [6.07, 6.45) is 2.51. The van der Waals surface area contributed by atoms with Crippen LogP contribution < -0.4 is 0 Å². The second-order valence-corrected chi connectivity index (χ2v) is 3.04. The number of hydrogen-bond acceptors (Lipinski definition) is 1. The molecule has 0 saturated carbocycles. The molecule has 0 spiro atoms. The highest BCUT2D eigenvalue weighted by molar-refractivity contribution is 9.09. The van der Waals surface area contributed by atoms with Gasteiger partial charge in [0.05, 0.1) is 0 Å². The lowest BCUT2D eigenvalue weighted by atomic mass is 10.1. The monoisotopic (exact) mass is 196 g/mol. The third-order valence-electron chi connectivity index (χ3n) is 1.33. The van der Waals surface area contributed by atoms with Crippen LogP contribution in [0.25, 0.3) is 0 Å². The van der Waals surface area contributed by atoms with Gasteiger partial charge >= 0.3 is 0 Å². The van der Waals surface area contributed by atoms with Crippen LogP contribution >= 0.6 is 28.6 Å². The molecule has 0 fully saturated rings. The molecule has 0 nitrogen and oxygen atoms in total. The van der Waals surface area contributed by atoms with Gasteiger partial charge in [-0.1, -0.05) is 29.3 Å². The van der Waals surface area contributed by atoms with Crippen molar-refractivity contribution in [1.29, 1.82) is 0 Å². The lowest BCUT2D eigenvalue weighted by Gasteiger charge is -2.06. The van der Waals surface area contributed by atoms with E-state index in [1.54, 1.807) is 0 Å². The molecule has 0 heterocycles. The van der Waals surface area contributed by atoms with Gasteiger partial charge in [0.2, 0.25) is 0 Å². The van der Waals surface area contributed by atoms with Crippen LogP contribution in [0.2, 0.25) is 0 Å². The predicted molar refractivity (Wildman–Crippen MR) is 46.0 cm³/mol. The van der Waals surface area contributed by atoms with E-state index in [-0.39, 0.29) is 0 Å². The van der Waals surface area contributed by atoms with Crippen molar-refractivity contribution < 1.29 is 0 Å². The average Bonchev–Trinajstić information content (AvgIpc) is 1.83. The zero-order chi connectivity index (χ0) is 6.41. The second-order valence-electron chi connectivity index (χ2n) is 1.94. The summed E-state index contributed by atoms with van der Waals surface area (Å²) in [6.45, 7) is 2.22. The van der Waals surface area contributed by atoms with E-state index in [1.165, 1.54) is 12.8 Å². The normalized spacial score (nSPS) is 13.9. The third-order valence-corrected chi connectivity index (χ3v) is 2.51. The molecule has 2 heteroatoms. The van der Waals surface area contributed by atoms with Gasteiger partial charge in [0.1, 0.15) is 0 Å². The summed E-state index contributed by atoms with van der Waals surface area (Å²) in [4.78, 5) is 0. The molecule has 8 heavy (non-hydrogen) atoms. The minimum atomic E-state index is 0.840. The van der Waals surface area contributed by atoms with Crippen LogP contribution in [0.5, 0.6) is 0 Å². The summed E-state index contributed by atoms with van der Waals surface area (Å²) in [6, 6.07) is 0. The van der Waals surface area contributed by atoms with Gasteiger partial charge in [0.15, 0.2) is 0 Å². The van der Waals surface area contributed by atoms with Gasteiger partial charge in [0.25, 0.3) is 0 Å². The molecule has 1 unspecified atom stereocenters. The van der Waals surface area contributed by atoms with Gasteiger partial charge in [0, 0.05) is 5.33 Å². The van der Waals surface area contributed by atoms with E-state index in [2.05, 4.69) is 35.5 Å². The molecular weight excluding hydrogens is 184 g/mol. The summed E-state index contributed by atoms with van der Waals surface area (Å²) < 4.78 is 0. The Hall–Kier alpha value is 0.830. The Morgan fingerprint density at radius 2 is 2.25 bits per heavy atom. The molecule has 0 aliphatic rings. The minimum absolute atomic E-state index is 0.840. The molecule has 0 aliphatic carbocycles. The first-order valence-corrected chi connectivity index (χ1v) is 4.77. The number of halogens is 1. The lowest BCUT2D eigenvalue weighted by Crippen LogP contribution is -1.99. The Balaban J connectivity index is 3.07. The van der Waals surface area contributed by atoms with Crippen molar-refractivity contribution in [2.24, 2.45) is 5.92 Å². The van der Waals surface area contributed by atoms with Crippen LogP contribution in [0, 0.1) is 5.92 Å². The molecule has 0 radical (unpaired) electrons. The summed E-state index contributed by atoms with van der Waals surface area (Å²) >= 11 is 7.59. The molecule has 0 aromatic rings. The molecule has 0 saturated heterocycles. The number of rotatable bonds is 4. The standard InChI is InChI=1S/C6H13BrS/c1-2-6(5-7)3-4-8/h6,8H,2-5H2,1H3. The zero-order valence-corrected chi connectivity index (χ0v) is 7.71. The van der Waals surface area contributed by atoms with E-state index in [1.807, 2.05) is 0 Å². The van der Waals surface area contributed by atoms with Crippen molar-refractivity contribution in [2.45, 2.75) is 19.8 Å². The van der Waals surface area contributed by atoms with Crippen LogP contribution in [0.3, 0.4) is 0 Å². The summed E-state index contributed by atoms with van der Waals surface area (Å²) in [5.74, 6) is 1.86. The minimum Gasteiger partial charge on any atom is -0.179 e. The number of hydrogen-bond donors (Lipinski definition) is 1. The average molecular weight is 197 g/mol. The summed E-state index contributed by atoms with van der Waals surface area (Å²) in [7, 11) is 0. The molecule has 0 bridgehead atoms. The van der Waals surface area contributed by atoms with E-state index in [0.717, 1.165) is 17.0 Å². The topological polar surface area (TPSA) is 0 Å². The highest BCUT2D eigenvalue weighted by Crippen LogP contribution is 2.11. The lowest BCUT2D eigenvalue weighted by molar-refractivity contribution is 0.562. The van der Waals surface area contributed by atoms with Crippen molar-refractivity contribution in [3.63, 3.8) is 0 Å². The number of thiol groups is 1. The van der Waals surface area contributed by atoms with Gasteiger partial charge in [-0.2, -0.15) is 12.6 Å². The highest BCUT2D eigenvalue weighted by atomic mass is 79.9. The van der Waals surface area contributed by atoms with Crippen molar-refractivity contribution in [3.8, 4) is 0 Å². The van der Waals surface area contributed by atoms with E-state index in [4.69, 9.17) is 0 Å². The number of alkyl halides is 1. The van der Waals surface area contributed by atoms with Gasteiger partial charge in [-0.05, 0) is 18.1 Å². The predicted octanol–water partition coefficient (Wildman–Crippen LogP) is 2.73. The smallest absolute Gasteiger partial charge is 0.00598 e. The van der Waals surface area contributed by atoms with E-state index < -0.39 is 0 Å². The SMILES string of the molecule is CCC(CBr)CCS. The first kappa shape index (κ1) is 8.83. The van der Waals surface area contributed by atoms with Gasteiger partial charge in [-0.3, -0.25) is 0 Å². The molecular formula is C6H13BrS. The molecule has 0 aliphatic heterocycles. The largest absolute Gasteiger partial charge is 0.179 e. The molecule has 1 atom stereocenters.